The number of carbonyl (C=O) groups is 1. The van der Waals surface area contributed by atoms with Crippen molar-refractivity contribution in [1.29, 1.82) is 0 Å². The molecule has 1 aliphatic heterocycles. The normalized spacial score (nSPS) is 16.2. The van der Waals surface area contributed by atoms with Crippen LogP contribution in [0.5, 0.6) is 0 Å². The van der Waals surface area contributed by atoms with Crippen LogP contribution in [0.25, 0.3) is 0 Å². The number of anilines is 1. The summed E-state index contributed by atoms with van der Waals surface area (Å²) in [7, 11) is -4.76. The third kappa shape index (κ3) is 3.93. The Bertz CT molecular complexity index is 546. The summed E-state index contributed by atoms with van der Waals surface area (Å²) >= 11 is 0. The molecule has 1 fully saturated rings. The molecule has 0 saturated carbocycles. The molecule has 6 nitrogen and oxygen atoms in total. The molecule has 1 saturated heterocycles. The van der Waals surface area contributed by atoms with Crippen LogP contribution in [-0.2, 0) is 14.6 Å². The summed E-state index contributed by atoms with van der Waals surface area (Å²) in [5.41, 5.74) is 1.07. The lowest BCUT2D eigenvalue weighted by Gasteiger charge is -2.28. The molecule has 0 amide bonds. The van der Waals surface area contributed by atoms with Gasteiger partial charge in [-0.15, -0.1) is 0 Å². The molecule has 0 atom stereocenters. The Balaban J connectivity index is 2.07. The molecular formula is C12H15NO5S. The van der Waals surface area contributed by atoms with Gasteiger partial charge in [-0.25, -0.2) is 4.79 Å². The van der Waals surface area contributed by atoms with E-state index in [1.165, 1.54) is 18.6 Å². The van der Waals surface area contributed by atoms with Crippen molar-refractivity contribution in [3.8, 4) is 0 Å². The van der Waals surface area contributed by atoms with Gasteiger partial charge in [0.1, 0.15) is 0 Å². The fourth-order valence-corrected chi connectivity index (χ4v) is 2.39. The van der Waals surface area contributed by atoms with Gasteiger partial charge in [0.2, 0.25) is 0 Å². The van der Waals surface area contributed by atoms with Crippen LogP contribution >= 0.6 is 0 Å². The number of nitrogens with zero attached hydrogens (tertiary/aromatic N) is 1. The zero-order valence-electron chi connectivity index (χ0n) is 10.3. The summed E-state index contributed by atoms with van der Waals surface area (Å²) in [6.45, 7) is 1.96. The maximum Gasteiger partial charge on any atom is 0.449 e. The quantitative estimate of drug-likeness (QED) is 0.850. The van der Waals surface area contributed by atoms with E-state index < -0.39 is 16.4 Å². The minimum atomic E-state index is -4.76. The Labute approximate surface area is 111 Å². The Hall–Kier alpha value is -1.60. The van der Waals surface area contributed by atoms with Crippen molar-refractivity contribution >= 4 is 22.1 Å². The SMILES string of the molecule is O=C(OS(=O)(=O)O)c1ccc(N2CCCCC2)cc1. The molecule has 2 rings (SSSR count). The third-order valence-corrected chi connectivity index (χ3v) is 3.37. The first kappa shape index (κ1) is 13.8. The molecule has 19 heavy (non-hydrogen) atoms. The van der Waals surface area contributed by atoms with Crippen molar-refractivity contribution in [2.75, 3.05) is 18.0 Å². The summed E-state index contributed by atoms with van der Waals surface area (Å²) < 4.78 is 33.2. The van der Waals surface area contributed by atoms with Gasteiger partial charge >= 0.3 is 16.4 Å². The lowest BCUT2D eigenvalue weighted by atomic mass is 10.1. The van der Waals surface area contributed by atoms with Crippen LogP contribution in [-0.4, -0.2) is 32.0 Å². The van der Waals surface area contributed by atoms with E-state index in [1.54, 1.807) is 12.1 Å². The lowest BCUT2D eigenvalue weighted by molar-refractivity contribution is 0.0727. The van der Waals surface area contributed by atoms with Crippen molar-refractivity contribution in [2.24, 2.45) is 0 Å². The first-order chi connectivity index (χ1) is 8.96. The maximum absolute atomic E-state index is 11.4. The number of hydrogen-bond donors (Lipinski definition) is 1. The molecule has 0 spiro atoms. The van der Waals surface area contributed by atoms with E-state index in [-0.39, 0.29) is 5.56 Å². The van der Waals surface area contributed by atoms with Gasteiger partial charge in [0, 0.05) is 18.8 Å². The number of benzene rings is 1. The highest BCUT2D eigenvalue weighted by Crippen LogP contribution is 2.20. The average molecular weight is 285 g/mol. The summed E-state index contributed by atoms with van der Waals surface area (Å²) in [6, 6.07) is 6.45. The van der Waals surface area contributed by atoms with Crippen molar-refractivity contribution in [3.05, 3.63) is 29.8 Å². The minimum Gasteiger partial charge on any atom is -0.372 e. The van der Waals surface area contributed by atoms with E-state index in [0.29, 0.717) is 0 Å². The molecule has 0 aliphatic carbocycles. The third-order valence-electron chi connectivity index (χ3n) is 3.01. The molecule has 0 unspecified atom stereocenters. The van der Waals surface area contributed by atoms with Crippen LogP contribution < -0.4 is 4.90 Å². The molecule has 0 radical (unpaired) electrons. The van der Waals surface area contributed by atoms with E-state index in [4.69, 9.17) is 4.55 Å². The van der Waals surface area contributed by atoms with Crippen LogP contribution in [0, 0.1) is 0 Å². The highest BCUT2D eigenvalue weighted by molar-refractivity contribution is 7.81. The molecule has 1 aromatic rings. The van der Waals surface area contributed by atoms with Crippen molar-refractivity contribution < 1.29 is 21.9 Å². The Morgan fingerprint density at radius 2 is 1.68 bits per heavy atom. The summed E-state index contributed by atoms with van der Waals surface area (Å²) in [4.78, 5) is 13.6. The zero-order valence-corrected chi connectivity index (χ0v) is 11.1. The second kappa shape index (κ2) is 5.58. The van der Waals surface area contributed by atoms with Gasteiger partial charge in [-0.3, -0.25) is 4.55 Å². The molecule has 104 valence electrons. The topological polar surface area (TPSA) is 83.9 Å². The Kier molecular flexibility index (Phi) is 4.06. The van der Waals surface area contributed by atoms with Crippen LogP contribution in [0.4, 0.5) is 5.69 Å². The van der Waals surface area contributed by atoms with E-state index >= 15 is 0 Å². The van der Waals surface area contributed by atoms with E-state index in [0.717, 1.165) is 31.6 Å². The van der Waals surface area contributed by atoms with Crippen molar-refractivity contribution in [2.45, 2.75) is 19.3 Å². The molecule has 1 N–H and O–H groups in total. The van der Waals surface area contributed by atoms with E-state index in [9.17, 15) is 13.2 Å². The number of carbonyl (C=O) groups excluding carboxylic acids is 1. The first-order valence-corrected chi connectivity index (χ1v) is 7.38. The Morgan fingerprint density at radius 1 is 1.11 bits per heavy atom. The van der Waals surface area contributed by atoms with Crippen molar-refractivity contribution in [1.82, 2.24) is 0 Å². The maximum atomic E-state index is 11.4. The van der Waals surface area contributed by atoms with Crippen LogP contribution in [0.1, 0.15) is 29.6 Å². The minimum absolute atomic E-state index is 0.0818. The number of piperidine rings is 1. The zero-order chi connectivity index (χ0) is 13.9. The van der Waals surface area contributed by atoms with Gasteiger partial charge in [-0.1, -0.05) is 0 Å². The van der Waals surface area contributed by atoms with Crippen LogP contribution in [0.2, 0.25) is 0 Å². The van der Waals surface area contributed by atoms with Gasteiger partial charge in [0.25, 0.3) is 0 Å². The molecular weight excluding hydrogens is 270 g/mol. The summed E-state index contributed by atoms with van der Waals surface area (Å²) in [5.74, 6) is -1.09. The van der Waals surface area contributed by atoms with Gasteiger partial charge in [-0.05, 0) is 43.5 Å². The van der Waals surface area contributed by atoms with Gasteiger partial charge < -0.3 is 9.08 Å². The van der Waals surface area contributed by atoms with Gasteiger partial charge in [0.15, 0.2) is 0 Å². The van der Waals surface area contributed by atoms with Gasteiger partial charge in [0.05, 0.1) is 5.56 Å². The lowest BCUT2D eigenvalue weighted by Crippen LogP contribution is -2.29. The largest absolute Gasteiger partial charge is 0.449 e. The van der Waals surface area contributed by atoms with Gasteiger partial charge in [-0.2, -0.15) is 8.42 Å². The standard InChI is InChI=1S/C12H15NO5S/c14-12(18-19(15,16)17)10-4-6-11(7-5-10)13-8-2-1-3-9-13/h4-7H,1-3,8-9H2,(H,15,16,17). The fourth-order valence-electron chi connectivity index (χ4n) is 2.10. The van der Waals surface area contributed by atoms with Crippen LogP contribution in [0.15, 0.2) is 24.3 Å². The molecule has 1 aliphatic rings. The molecule has 0 bridgehead atoms. The second-order valence-corrected chi connectivity index (χ2v) is 5.42. The van der Waals surface area contributed by atoms with E-state index in [2.05, 4.69) is 9.08 Å². The summed E-state index contributed by atoms with van der Waals surface area (Å²) in [5, 5.41) is 0. The fraction of sp³-hybridized carbons (Fsp3) is 0.417. The molecule has 0 aromatic heterocycles. The van der Waals surface area contributed by atoms with Crippen LogP contribution in [0.3, 0.4) is 0 Å². The van der Waals surface area contributed by atoms with E-state index in [1.807, 2.05) is 0 Å². The molecule has 1 aromatic carbocycles. The van der Waals surface area contributed by atoms with Crippen molar-refractivity contribution in [3.63, 3.8) is 0 Å². The predicted molar refractivity (Wildman–Crippen MR) is 69.5 cm³/mol. The summed E-state index contributed by atoms with van der Waals surface area (Å²) in [6.07, 6.45) is 3.52. The number of hydrogen-bond acceptors (Lipinski definition) is 5. The molecule has 1 heterocycles. The predicted octanol–water partition coefficient (Wildman–Crippen LogP) is 1.64. The molecule has 7 heteroatoms. The number of rotatable bonds is 3. The second-order valence-electron chi connectivity index (χ2n) is 4.39. The highest BCUT2D eigenvalue weighted by Gasteiger charge is 2.16. The monoisotopic (exact) mass is 285 g/mol. The highest BCUT2D eigenvalue weighted by atomic mass is 32.3. The smallest absolute Gasteiger partial charge is 0.372 e. The first-order valence-electron chi connectivity index (χ1n) is 6.02. The Morgan fingerprint density at radius 3 is 2.21 bits per heavy atom. The average Bonchev–Trinajstić information content (AvgIpc) is 2.38.